The van der Waals surface area contributed by atoms with Gasteiger partial charge in [0, 0.05) is 24.9 Å². The van der Waals surface area contributed by atoms with Crippen LogP contribution in [0.1, 0.15) is 42.1 Å². The molecule has 1 atom stereocenters. The van der Waals surface area contributed by atoms with Gasteiger partial charge < -0.3 is 14.2 Å². The molecule has 3 aromatic rings. The number of hydrogen-bond acceptors (Lipinski definition) is 3. The number of carbonyl (C=O) groups is 1. The molecule has 1 aliphatic heterocycles. The minimum Gasteiger partial charge on any atom is -0.491 e. The molecule has 29 heavy (non-hydrogen) atoms. The van der Waals surface area contributed by atoms with Gasteiger partial charge in [-0.3, -0.25) is 4.79 Å². The first-order valence-electron chi connectivity index (χ1n) is 10.5. The second-order valence-corrected chi connectivity index (χ2v) is 8.41. The summed E-state index contributed by atoms with van der Waals surface area (Å²) in [6, 6.07) is 15.0. The van der Waals surface area contributed by atoms with Crippen molar-refractivity contribution in [2.24, 2.45) is 0 Å². The number of rotatable bonds is 6. The highest BCUT2D eigenvalue weighted by Crippen LogP contribution is 2.37. The molecule has 1 aliphatic carbocycles. The zero-order valence-corrected chi connectivity index (χ0v) is 17.1. The molecule has 2 heterocycles. The number of likely N-dealkylation sites (tertiary alicyclic amines) is 1. The van der Waals surface area contributed by atoms with Crippen LogP contribution >= 0.6 is 0 Å². The molecule has 1 saturated heterocycles. The van der Waals surface area contributed by atoms with Gasteiger partial charge in [0.15, 0.2) is 0 Å². The number of para-hydroxylation sites is 2. The second kappa shape index (κ2) is 7.21. The van der Waals surface area contributed by atoms with Crippen LogP contribution in [0.25, 0.3) is 11.0 Å². The van der Waals surface area contributed by atoms with Crippen molar-refractivity contribution in [2.75, 3.05) is 13.2 Å². The van der Waals surface area contributed by atoms with E-state index in [0.29, 0.717) is 19.1 Å². The average Bonchev–Trinajstić information content (AvgIpc) is 3.38. The molecule has 2 fully saturated rings. The molecular formula is C24H27N3O2. The van der Waals surface area contributed by atoms with Crippen molar-refractivity contribution < 1.29 is 9.53 Å². The van der Waals surface area contributed by atoms with Crippen LogP contribution in [0.2, 0.25) is 0 Å². The standard InChI is InChI=1S/C24H27N3O2/c1-16-7-10-22(17(2)13-16)29-12-11-26-21-6-4-3-5-20(21)25-24(26)18-14-23(28)27(15-18)19-8-9-19/h3-7,10,13,18-19H,8-9,11-12,14-15H2,1-2H3. The van der Waals surface area contributed by atoms with Crippen LogP contribution in [-0.2, 0) is 11.3 Å². The zero-order chi connectivity index (χ0) is 20.0. The molecule has 0 bridgehead atoms. The summed E-state index contributed by atoms with van der Waals surface area (Å²) in [5, 5.41) is 0. The molecular weight excluding hydrogens is 362 g/mol. The molecule has 1 aromatic heterocycles. The zero-order valence-electron chi connectivity index (χ0n) is 17.1. The molecule has 5 heteroatoms. The first kappa shape index (κ1) is 18.2. The van der Waals surface area contributed by atoms with E-state index in [4.69, 9.17) is 9.72 Å². The van der Waals surface area contributed by atoms with Crippen LogP contribution in [0, 0.1) is 13.8 Å². The van der Waals surface area contributed by atoms with Crippen molar-refractivity contribution in [2.45, 2.75) is 51.6 Å². The Hall–Kier alpha value is -2.82. The van der Waals surface area contributed by atoms with Crippen molar-refractivity contribution in [3.63, 3.8) is 0 Å². The normalized spacial score (nSPS) is 19.3. The number of amides is 1. The Morgan fingerprint density at radius 3 is 2.76 bits per heavy atom. The van der Waals surface area contributed by atoms with Crippen molar-refractivity contribution in [3.05, 3.63) is 59.4 Å². The van der Waals surface area contributed by atoms with Gasteiger partial charge in [-0.05, 0) is 50.5 Å². The third-order valence-corrected chi connectivity index (χ3v) is 6.10. The molecule has 2 aromatic carbocycles. The number of fused-ring (bicyclic) bond motifs is 1. The molecule has 0 spiro atoms. The van der Waals surface area contributed by atoms with Crippen molar-refractivity contribution in [1.82, 2.24) is 14.5 Å². The molecule has 1 amide bonds. The van der Waals surface area contributed by atoms with E-state index in [1.807, 2.05) is 18.2 Å². The third-order valence-electron chi connectivity index (χ3n) is 6.10. The average molecular weight is 389 g/mol. The fourth-order valence-corrected chi connectivity index (χ4v) is 4.49. The molecule has 5 nitrogen and oxygen atoms in total. The Morgan fingerprint density at radius 2 is 1.97 bits per heavy atom. The van der Waals surface area contributed by atoms with E-state index in [2.05, 4.69) is 47.6 Å². The van der Waals surface area contributed by atoms with Crippen LogP contribution in [0.4, 0.5) is 0 Å². The van der Waals surface area contributed by atoms with E-state index >= 15 is 0 Å². The Labute approximate surface area is 171 Å². The van der Waals surface area contributed by atoms with Gasteiger partial charge in [-0.2, -0.15) is 0 Å². The number of imidazole rings is 1. The van der Waals surface area contributed by atoms with E-state index in [1.165, 1.54) is 5.56 Å². The summed E-state index contributed by atoms with van der Waals surface area (Å²) in [6.07, 6.45) is 2.87. The number of aryl methyl sites for hydroxylation is 2. The summed E-state index contributed by atoms with van der Waals surface area (Å²) in [7, 11) is 0. The van der Waals surface area contributed by atoms with Crippen molar-refractivity contribution in [1.29, 1.82) is 0 Å². The monoisotopic (exact) mass is 389 g/mol. The van der Waals surface area contributed by atoms with Gasteiger partial charge in [0.25, 0.3) is 0 Å². The van der Waals surface area contributed by atoms with Crippen LogP contribution < -0.4 is 4.74 Å². The van der Waals surface area contributed by atoms with E-state index in [9.17, 15) is 4.79 Å². The maximum Gasteiger partial charge on any atom is 0.223 e. The number of nitrogens with zero attached hydrogens (tertiary/aromatic N) is 3. The SMILES string of the molecule is Cc1ccc(OCCn2c(C3CC(=O)N(C4CC4)C3)nc3ccccc32)c(C)c1. The molecule has 2 aliphatic rings. The van der Waals surface area contributed by atoms with E-state index in [1.54, 1.807) is 0 Å². The highest BCUT2D eigenvalue weighted by Gasteiger charge is 2.41. The molecule has 0 radical (unpaired) electrons. The van der Waals surface area contributed by atoms with Crippen LogP contribution in [0.15, 0.2) is 42.5 Å². The topological polar surface area (TPSA) is 47.4 Å². The van der Waals surface area contributed by atoms with Gasteiger partial charge >= 0.3 is 0 Å². The highest BCUT2D eigenvalue weighted by atomic mass is 16.5. The lowest BCUT2D eigenvalue weighted by atomic mass is 10.1. The maximum atomic E-state index is 12.5. The number of benzene rings is 2. The van der Waals surface area contributed by atoms with Crippen LogP contribution in [0.5, 0.6) is 5.75 Å². The van der Waals surface area contributed by atoms with Crippen molar-refractivity contribution >= 4 is 16.9 Å². The quantitative estimate of drug-likeness (QED) is 0.634. The predicted octanol–water partition coefficient (Wildman–Crippen LogP) is 4.21. The maximum absolute atomic E-state index is 12.5. The van der Waals surface area contributed by atoms with E-state index < -0.39 is 0 Å². The van der Waals surface area contributed by atoms with Gasteiger partial charge in [-0.1, -0.05) is 29.8 Å². The molecule has 150 valence electrons. The number of ether oxygens (including phenoxy) is 1. The summed E-state index contributed by atoms with van der Waals surface area (Å²) >= 11 is 0. The fourth-order valence-electron chi connectivity index (χ4n) is 4.49. The van der Waals surface area contributed by atoms with Gasteiger partial charge in [-0.25, -0.2) is 4.98 Å². The third kappa shape index (κ3) is 3.50. The van der Waals surface area contributed by atoms with Gasteiger partial charge in [0.2, 0.25) is 5.91 Å². The van der Waals surface area contributed by atoms with Crippen LogP contribution in [0.3, 0.4) is 0 Å². The molecule has 0 N–H and O–H groups in total. The molecule has 1 unspecified atom stereocenters. The number of aromatic nitrogens is 2. The van der Waals surface area contributed by atoms with E-state index in [0.717, 1.165) is 54.1 Å². The number of hydrogen-bond donors (Lipinski definition) is 0. The Balaban J connectivity index is 1.39. The first-order chi connectivity index (χ1) is 14.1. The largest absolute Gasteiger partial charge is 0.491 e. The van der Waals surface area contributed by atoms with Gasteiger partial charge in [0.1, 0.15) is 18.2 Å². The lowest BCUT2D eigenvalue weighted by Gasteiger charge is -2.17. The van der Waals surface area contributed by atoms with Crippen molar-refractivity contribution in [3.8, 4) is 5.75 Å². The minimum atomic E-state index is 0.164. The highest BCUT2D eigenvalue weighted by molar-refractivity contribution is 5.81. The summed E-state index contributed by atoms with van der Waals surface area (Å²) in [6.45, 7) is 6.26. The smallest absolute Gasteiger partial charge is 0.223 e. The second-order valence-electron chi connectivity index (χ2n) is 8.41. The predicted molar refractivity (Wildman–Crippen MR) is 113 cm³/mol. The summed E-state index contributed by atoms with van der Waals surface area (Å²) in [5.41, 5.74) is 4.50. The lowest BCUT2D eigenvalue weighted by molar-refractivity contribution is -0.128. The van der Waals surface area contributed by atoms with Gasteiger partial charge in [0.05, 0.1) is 17.6 Å². The molecule has 5 rings (SSSR count). The van der Waals surface area contributed by atoms with Crippen LogP contribution in [-0.4, -0.2) is 39.6 Å². The fraction of sp³-hybridized carbons (Fsp3) is 0.417. The van der Waals surface area contributed by atoms with E-state index in [-0.39, 0.29) is 11.8 Å². The Morgan fingerprint density at radius 1 is 1.14 bits per heavy atom. The summed E-state index contributed by atoms with van der Waals surface area (Å²) < 4.78 is 8.35. The first-order valence-corrected chi connectivity index (χ1v) is 10.5. The lowest BCUT2D eigenvalue weighted by Crippen LogP contribution is -2.27. The molecule has 1 saturated carbocycles. The summed E-state index contributed by atoms with van der Waals surface area (Å²) in [4.78, 5) is 19.5. The van der Waals surface area contributed by atoms with Gasteiger partial charge in [-0.15, -0.1) is 0 Å². The minimum absolute atomic E-state index is 0.164. The number of carbonyl (C=O) groups excluding carboxylic acids is 1. The Bertz CT molecular complexity index is 1070. The summed E-state index contributed by atoms with van der Waals surface area (Å²) in [5.74, 6) is 2.39. The Kier molecular flexibility index (Phi) is 4.53.